The van der Waals surface area contributed by atoms with Gasteiger partial charge in [-0.05, 0) is 20.3 Å². The fourth-order valence-corrected chi connectivity index (χ4v) is 1.22. The zero-order chi connectivity index (χ0) is 11.3. The number of carbonyl (C=O) groups excluding carboxylic acids is 2. The first-order valence-corrected chi connectivity index (χ1v) is 5.32. The fourth-order valence-electron chi connectivity index (χ4n) is 1.22. The molecule has 5 nitrogen and oxygen atoms in total. The molecule has 0 aromatic heterocycles. The molecule has 0 unspecified atom stereocenters. The van der Waals surface area contributed by atoms with Crippen LogP contribution >= 0.6 is 0 Å². The summed E-state index contributed by atoms with van der Waals surface area (Å²) < 4.78 is 4.93. The van der Waals surface area contributed by atoms with Crippen molar-refractivity contribution in [1.29, 1.82) is 0 Å². The quantitative estimate of drug-likeness (QED) is 0.702. The third kappa shape index (κ3) is 4.18. The molecule has 1 aliphatic heterocycles. The number of amides is 2. The van der Waals surface area contributed by atoms with E-state index in [1.54, 1.807) is 18.7 Å². The van der Waals surface area contributed by atoms with E-state index in [0.29, 0.717) is 6.54 Å². The number of nitrogens with one attached hydrogen (secondary N) is 1. The van der Waals surface area contributed by atoms with Crippen molar-refractivity contribution in [3.05, 3.63) is 0 Å². The van der Waals surface area contributed by atoms with Gasteiger partial charge in [-0.2, -0.15) is 0 Å². The van der Waals surface area contributed by atoms with Crippen molar-refractivity contribution in [2.24, 2.45) is 0 Å². The van der Waals surface area contributed by atoms with E-state index in [9.17, 15) is 9.59 Å². The maximum absolute atomic E-state index is 11.3. The molecule has 15 heavy (non-hydrogen) atoms. The molecule has 1 fully saturated rings. The van der Waals surface area contributed by atoms with Crippen LogP contribution in [-0.4, -0.2) is 42.6 Å². The molecule has 0 radical (unpaired) electrons. The lowest BCUT2D eigenvalue weighted by atomic mass is 10.2. The highest BCUT2D eigenvalue weighted by Gasteiger charge is 2.19. The van der Waals surface area contributed by atoms with E-state index in [1.165, 1.54) is 0 Å². The number of hydrogen-bond acceptors (Lipinski definition) is 3. The summed E-state index contributed by atoms with van der Waals surface area (Å²) in [6.45, 7) is 5.60. The minimum Gasteiger partial charge on any atom is -0.463 e. The number of esters is 1. The summed E-state index contributed by atoms with van der Waals surface area (Å²) in [6, 6.07) is -0.0846. The van der Waals surface area contributed by atoms with Gasteiger partial charge in [-0.3, -0.25) is 4.79 Å². The van der Waals surface area contributed by atoms with Crippen molar-refractivity contribution in [3.8, 4) is 0 Å². The predicted octanol–water partition coefficient (Wildman–Crippen LogP) is 0.743. The molecule has 0 aliphatic carbocycles. The van der Waals surface area contributed by atoms with Crippen LogP contribution in [0.15, 0.2) is 0 Å². The molecule has 0 atom stereocenters. The molecule has 1 aliphatic rings. The summed E-state index contributed by atoms with van der Waals surface area (Å²) in [4.78, 5) is 24.1. The van der Waals surface area contributed by atoms with Crippen molar-refractivity contribution >= 4 is 12.0 Å². The van der Waals surface area contributed by atoms with Crippen LogP contribution in [0.25, 0.3) is 0 Å². The Morgan fingerprint density at radius 2 is 2.07 bits per heavy atom. The minimum absolute atomic E-state index is 0.0846. The van der Waals surface area contributed by atoms with Crippen LogP contribution in [0.4, 0.5) is 4.79 Å². The molecule has 1 saturated heterocycles. The van der Waals surface area contributed by atoms with Crippen LogP contribution in [0.1, 0.15) is 26.7 Å². The van der Waals surface area contributed by atoms with Gasteiger partial charge in [-0.15, -0.1) is 0 Å². The van der Waals surface area contributed by atoms with Crippen molar-refractivity contribution in [1.82, 2.24) is 10.2 Å². The van der Waals surface area contributed by atoms with E-state index in [4.69, 9.17) is 4.74 Å². The second-order valence-corrected chi connectivity index (χ2v) is 3.86. The van der Waals surface area contributed by atoms with Gasteiger partial charge in [0.2, 0.25) is 0 Å². The zero-order valence-electron chi connectivity index (χ0n) is 9.28. The van der Waals surface area contributed by atoms with Crippen LogP contribution in [0.3, 0.4) is 0 Å². The zero-order valence-corrected chi connectivity index (χ0v) is 9.28. The molecule has 1 heterocycles. The number of urea groups is 1. The van der Waals surface area contributed by atoms with Gasteiger partial charge in [0.05, 0.1) is 12.5 Å². The number of ether oxygens (including phenoxy) is 1. The number of hydrogen-bond donors (Lipinski definition) is 1. The van der Waals surface area contributed by atoms with Crippen LogP contribution < -0.4 is 5.32 Å². The van der Waals surface area contributed by atoms with Gasteiger partial charge in [0.1, 0.15) is 0 Å². The largest absolute Gasteiger partial charge is 0.463 e. The summed E-state index contributed by atoms with van der Waals surface area (Å²) in [7, 11) is 0. The molecular weight excluding hydrogens is 196 g/mol. The topological polar surface area (TPSA) is 58.6 Å². The normalized spacial score (nSPS) is 14.7. The van der Waals surface area contributed by atoms with E-state index in [0.717, 1.165) is 19.5 Å². The van der Waals surface area contributed by atoms with E-state index in [1.807, 2.05) is 0 Å². The molecule has 86 valence electrons. The Morgan fingerprint density at radius 1 is 1.40 bits per heavy atom. The smallest absolute Gasteiger partial charge is 0.317 e. The summed E-state index contributed by atoms with van der Waals surface area (Å²) in [6.07, 6.45) is 1.21. The van der Waals surface area contributed by atoms with Crippen molar-refractivity contribution in [3.63, 3.8) is 0 Å². The maximum Gasteiger partial charge on any atom is 0.317 e. The predicted molar refractivity (Wildman–Crippen MR) is 55.4 cm³/mol. The van der Waals surface area contributed by atoms with Gasteiger partial charge in [-0.1, -0.05) is 0 Å². The molecule has 0 aromatic rings. The van der Waals surface area contributed by atoms with Gasteiger partial charge >= 0.3 is 12.0 Å². The Bertz CT molecular complexity index is 237. The standard InChI is InChI=1S/C10H18N2O3/c1-8(2)15-9(13)4-5-11-10(14)12-6-3-7-12/h8H,3-7H2,1-2H3,(H,11,14). The van der Waals surface area contributed by atoms with E-state index in [2.05, 4.69) is 5.32 Å². The highest BCUT2D eigenvalue weighted by molar-refractivity contribution is 5.76. The summed E-state index contributed by atoms with van der Waals surface area (Å²) >= 11 is 0. The van der Waals surface area contributed by atoms with Gasteiger partial charge in [0.15, 0.2) is 0 Å². The Morgan fingerprint density at radius 3 is 2.53 bits per heavy atom. The number of nitrogens with zero attached hydrogens (tertiary/aromatic N) is 1. The summed E-state index contributed by atoms with van der Waals surface area (Å²) in [5.41, 5.74) is 0. The monoisotopic (exact) mass is 214 g/mol. The van der Waals surface area contributed by atoms with Crippen LogP contribution in [0.2, 0.25) is 0 Å². The molecule has 2 amide bonds. The molecule has 0 spiro atoms. The number of likely N-dealkylation sites (tertiary alicyclic amines) is 1. The third-order valence-corrected chi connectivity index (χ3v) is 2.12. The van der Waals surface area contributed by atoms with Crippen LogP contribution in [-0.2, 0) is 9.53 Å². The van der Waals surface area contributed by atoms with Gasteiger partial charge < -0.3 is 15.0 Å². The summed E-state index contributed by atoms with van der Waals surface area (Å²) in [5, 5.41) is 2.67. The molecule has 1 N–H and O–H groups in total. The maximum atomic E-state index is 11.3. The van der Waals surface area contributed by atoms with Gasteiger partial charge in [0, 0.05) is 19.6 Å². The summed E-state index contributed by atoms with van der Waals surface area (Å²) in [5.74, 6) is -0.270. The van der Waals surface area contributed by atoms with Crippen molar-refractivity contribution in [2.75, 3.05) is 19.6 Å². The average Bonchev–Trinajstić information content (AvgIpc) is 1.98. The SMILES string of the molecule is CC(C)OC(=O)CCNC(=O)N1CCC1. The molecular formula is C10H18N2O3. The first kappa shape index (κ1) is 11.8. The molecule has 0 aromatic carbocycles. The van der Waals surface area contributed by atoms with Crippen molar-refractivity contribution in [2.45, 2.75) is 32.8 Å². The average molecular weight is 214 g/mol. The second kappa shape index (κ2) is 5.58. The molecule has 1 rings (SSSR count). The van der Waals surface area contributed by atoms with Crippen LogP contribution in [0.5, 0.6) is 0 Å². The van der Waals surface area contributed by atoms with E-state index in [-0.39, 0.29) is 24.5 Å². The lowest BCUT2D eigenvalue weighted by Crippen LogP contribution is -2.48. The Labute approximate surface area is 89.8 Å². The highest BCUT2D eigenvalue weighted by atomic mass is 16.5. The first-order chi connectivity index (χ1) is 7.09. The lowest BCUT2D eigenvalue weighted by Gasteiger charge is -2.30. The number of carbonyl (C=O) groups is 2. The van der Waals surface area contributed by atoms with E-state index >= 15 is 0 Å². The van der Waals surface area contributed by atoms with Crippen LogP contribution in [0, 0.1) is 0 Å². The highest BCUT2D eigenvalue weighted by Crippen LogP contribution is 2.04. The minimum atomic E-state index is -0.270. The van der Waals surface area contributed by atoms with Gasteiger partial charge in [0.25, 0.3) is 0 Å². The van der Waals surface area contributed by atoms with E-state index < -0.39 is 0 Å². The molecule has 5 heteroatoms. The Kier molecular flexibility index (Phi) is 4.39. The lowest BCUT2D eigenvalue weighted by molar-refractivity contribution is -0.147. The fraction of sp³-hybridized carbons (Fsp3) is 0.800. The van der Waals surface area contributed by atoms with Gasteiger partial charge in [-0.25, -0.2) is 4.79 Å². The first-order valence-electron chi connectivity index (χ1n) is 5.32. The Hall–Kier alpha value is -1.26. The number of rotatable bonds is 4. The third-order valence-electron chi connectivity index (χ3n) is 2.12. The molecule has 0 bridgehead atoms. The Balaban J connectivity index is 2.04. The second-order valence-electron chi connectivity index (χ2n) is 3.86. The van der Waals surface area contributed by atoms with Crippen molar-refractivity contribution < 1.29 is 14.3 Å². The molecule has 0 saturated carbocycles.